The van der Waals surface area contributed by atoms with Gasteiger partial charge in [-0.3, -0.25) is 15.0 Å². The van der Waals surface area contributed by atoms with Gasteiger partial charge in [-0.1, -0.05) is 0 Å². The minimum atomic E-state index is -0.934. The molecule has 0 bridgehead atoms. The second-order valence-corrected chi connectivity index (χ2v) is 5.82. The lowest BCUT2D eigenvalue weighted by atomic mass is 10.0. The predicted octanol–water partition coefficient (Wildman–Crippen LogP) is 0.565. The summed E-state index contributed by atoms with van der Waals surface area (Å²) in [5, 5.41) is 12.8. The Morgan fingerprint density at radius 1 is 1.45 bits per heavy atom. The van der Waals surface area contributed by atoms with Crippen molar-refractivity contribution in [2.75, 3.05) is 40.5 Å². The van der Waals surface area contributed by atoms with Gasteiger partial charge in [-0.25, -0.2) is 0 Å². The first-order valence-electron chi connectivity index (χ1n) is 7.16. The average molecular weight is 288 g/mol. The number of nitrogens with zero attached hydrogens (tertiary/aromatic N) is 1. The van der Waals surface area contributed by atoms with E-state index in [4.69, 9.17) is 9.47 Å². The molecule has 6 heteroatoms. The number of carboxylic acids is 1. The van der Waals surface area contributed by atoms with E-state index in [-0.39, 0.29) is 6.04 Å². The van der Waals surface area contributed by atoms with Gasteiger partial charge in [0.05, 0.1) is 13.2 Å². The van der Waals surface area contributed by atoms with Gasteiger partial charge in [0.2, 0.25) is 0 Å². The van der Waals surface area contributed by atoms with E-state index in [0.717, 1.165) is 12.8 Å². The Balaban J connectivity index is 2.68. The van der Waals surface area contributed by atoms with Gasteiger partial charge in [-0.05, 0) is 26.7 Å². The fourth-order valence-electron chi connectivity index (χ4n) is 2.27. The molecule has 2 unspecified atom stereocenters. The predicted molar refractivity (Wildman–Crippen MR) is 77.0 cm³/mol. The highest BCUT2D eigenvalue weighted by molar-refractivity contribution is 5.78. The lowest BCUT2D eigenvalue weighted by Crippen LogP contribution is -2.59. The number of methoxy groups -OCH3 is 2. The number of ether oxygens (including phenoxy) is 2. The third-order valence-corrected chi connectivity index (χ3v) is 3.71. The summed E-state index contributed by atoms with van der Waals surface area (Å²) in [4.78, 5) is 13.7. The van der Waals surface area contributed by atoms with Crippen molar-refractivity contribution >= 4 is 5.97 Å². The number of hydrogen-bond donors (Lipinski definition) is 2. The molecule has 118 valence electrons. The summed E-state index contributed by atoms with van der Waals surface area (Å²) in [5.74, 6) is -0.809. The first-order valence-corrected chi connectivity index (χ1v) is 7.16. The molecule has 0 amide bonds. The van der Waals surface area contributed by atoms with Crippen molar-refractivity contribution in [2.45, 2.75) is 44.3 Å². The molecule has 6 nitrogen and oxygen atoms in total. The van der Waals surface area contributed by atoms with Gasteiger partial charge in [-0.2, -0.15) is 0 Å². The Morgan fingerprint density at radius 3 is 2.55 bits per heavy atom. The van der Waals surface area contributed by atoms with E-state index in [1.807, 2.05) is 6.92 Å². The minimum Gasteiger partial charge on any atom is -0.480 e. The molecule has 0 heterocycles. The van der Waals surface area contributed by atoms with Crippen LogP contribution in [0.5, 0.6) is 0 Å². The van der Waals surface area contributed by atoms with Crippen molar-refractivity contribution in [3.63, 3.8) is 0 Å². The highest BCUT2D eigenvalue weighted by atomic mass is 16.5. The van der Waals surface area contributed by atoms with E-state index in [1.165, 1.54) is 0 Å². The van der Waals surface area contributed by atoms with E-state index in [1.54, 1.807) is 21.1 Å². The SMILES string of the molecule is COCCN(CC(C)(NC1CC1)C(=O)O)C(C)COC. The van der Waals surface area contributed by atoms with Gasteiger partial charge in [0.25, 0.3) is 0 Å². The molecule has 0 aromatic heterocycles. The second-order valence-electron chi connectivity index (χ2n) is 5.82. The Morgan fingerprint density at radius 2 is 2.10 bits per heavy atom. The van der Waals surface area contributed by atoms with Crippen LogP contribution >= 0.6 is 0 Å². The minimum absolute atomic E-state index is 0.148. The topological polar surface area (TPSA) is 71.0 Å². The largest absolute Gasteiger partial charge is 0.480 e. The standard InChI is InChI=1S/C14H28N2O4/c1-11(9-20-4)16(7-8-19-3)10-14(2,13(17)18)15-12-5-6-12/h11-12,15H,5-10H2,1-4H3,(H,17,18). The van der Waals surface area contributed by atoms with Gasteiger partial charge in [0.1, 0.15) is 5.54 Å². The van der Waals surface area contributed by atoms with E-state index in [0.29, 0.717) is 32.3 Å². The van der Waals surface area contributed by atoms with Crippen LogP contribution in [0.25, 0.3) is 0 Å². The fourth-order valence-corrected chi connectivity index (χ4v) is 2.27. The third kappa shape index (κ3) is 5.36. The Kier molecular flexibility index (Phi) is 6.88. The summed E-state index contributed by atoms with van der Waals surface area (Å²) < 4.78 is 10.3. The first-order chi connectivity index (χ1) is 9.42. The molecule has 0 spiro atoms. The van der Waals surface area contributed by atoms with Crippen LogP contribution in [0.2, 0.25) is 0 Å². The number of aliphatic carboxylic acids is 1. The zero-order valence-corrected chi connectivity index (χ0v) is 13.0. The van der Waals surface area contributed by atoms with Crippen LogP contribution in [0, 0.1) is 0 Å². The van der Waals surface area contributed by atoms with Crippen LogP contribution in [0.1, 0.15) is 26.7 Å². The highest BCUT2D eigenvalue weighted by Gasteiger charge is 2.40. The van der Waals surface area contributed by atoms with Gasteiger partial charge >= 0.3 is 5.97 Å². The van der Waals surface area contributed by atoms with Crippen LogP contribution in [0.15, 0.2) is 0 Å². The van der Waals surface area contributed by atoms with Crippen LogP contribution in [-0.2, 0) is 14.3 Å². The fraction of sp³-hybridized carbons (Fsp3) is 0.929. The number of hydrogen-bond acceptors (Lipinski definition) is 5. The molecule has 0 aliphatic heterocycles. The Labute approximate surface area is 121 Å². The maximum atomic E-state index is 11.6. The lowest BCUT2D eigenvalue weighted by molar-refractivity contribution is -0.145. The van der Waals surface area contributed by atoms with Crippen LogP contribution < -0.4 is 5.32 Å². The summed E-state index contributed by atoms with van der Waals surface area (Å²) in [7, 11) is 3.31. The Bertz CT molecular complexity index is 310. The molecule has 1 saturated carbocycles. The lowest BCUT2D eigenvalue weighted by Gasteiger charge is -2.36. The summed E-state index contributed by atoms with van der Waals surface area (Å²) in [6.07, 6.45) is 2.13. The molecule has 0 aromatic carbocycles. The molecule has 1 fully saturated rings. The number of rotatable bonds is 11. The van der Waals surface area contributed by atoms with Crippen molar-refractivity contribution in [1.29, 1.82) is 0 Å². The average Bonchev–Trinajstić information content (AvgIpc) is 3.18. The van der Waals surface area contributed by atoms with Crippen molar-refractivity contribution in [3.05, 3.63) is 0 Å². The third-order valence-electron chi connectivity index (χ3n) is 3.71. The number of carbonyl (C=O) groups is 1. The summed E-state index contributed by atoms with van der Waals surface area (Å²) in [5.41, 5.74) is -0.934. The van der Waals surface area contributed by atoms with Gasteiger partial charge in [0.15, 0.2) is 0 Å². The molecule has 1 aliphatic carbocycles. The van der Waals surface area contributed by atoms with E-state index < -0.39 is 11.5 Å². The zero-order valence-electron chi connectivity index (χ0n) is 13.0. The summed E-state index contributed by atoms with van der Waals surface area (Å²) in [6, 6.07) is 0.493. The monoisotopic (exact) mass is 288 g/mol. The molecule has 0 aromatic rings. The molecule has 2 N–H and O–H groups in total. The molecule has 0 saturated heterocycles. The number of nitrogens with one attached hydrogen (secondary N) is 1. The smallest absolute Gasteiger partial charge is 0.324 e. The van der Waals surface area contributed by atoms with Crippen LogP contribution in [0.4, 0.5) is 0 Å². The first kappa shape index (κ1) is 17.4. The van der Waals surface area contributed by atoms with Gasteiger partial charge < -0.3 is 14.6 Å². The van der Waals surface area contributed by atoms with Crippen LogP contribution in [0.3, 0.4) is 0 Å². The Hall–Kier alpha value is -0.690. The van der Waals surface area contributed by atoms with Crippen molar-refractivity contribution < 1.29 is 19.4 Å². The normalized spacial score (nSPS) is 19.9. The van der Waals surface area contributed by atoms with Crippen LogP contribution in [-0.4, -0.2) is 74.1 Å². The summed E-state index contributed by atoms with van der Waals surface area (Å²) in [6.45, 7) is 6.07. The van der Waals surface area contributed by atoms with E-state index >= 15 is 0 Å². The van der Waals surface area contributed by atoms with Gasteiger partial charge in [0, 0.05) is 39.4 Å². The van der Waals surface area contributed by atoms with E-state index in [2.05, 4.69) is 10.2 Å². The summed E-state index contributed by atoms with van der Waals surface area (Å²) >= 11 is 0. The van der Waals surface area contributed by atoms with Crippen molar-refractivity contribution in [2.24, 2.45) is 0 Å². The molecular formula is C14H28N2O4. The van der Waals surface area contributed by atoms with Crippen molar-refractivity contribution in [1.82, 2.24) is 10.2 Å². The maximum Gasteiger partial charge on any atom is 0.324 e. The number of carboxylic acid groups (broad SMARTS) is 1. The zero-order chi connectivity index (χ0) is 15.2. The second kappa shape index (κ2) is 7.93. The molecule has 1 rings (SSSR count). The molecule has 20 heavy (non-hydrogen) atoms. The van der Waals surface area contributed by atoms with E-state index in [9.17, 15) is 9.90 Å². The molecule has 1 aliphatic rings. The van der Waals surface area contributed by atoms with Gasteiger partial charge in [-0.15, -0.1) is 0 Å². The molecular weight excluding hydrogens is 260 g/mol. The molecule has 2 atom stereocenters. The van der Waals surface area contributed by atoms with Crippen molar-refractivity contribution in [3.8, 4) is 0 Å². The molecule has 0 radical (unpaired) electrons. The maximum absolute atomic E-state index is 11.6. The highest BCUT2D eigenvalue weighted by Crippen LogP contribution is 2.23. The quantitative estimate of drug-likeness (QED) is 0.579.